The lowest BCUT2D eigenvalue weighted by Gasteiger charge is -2.08. The number of fused-ring (bicyclic) bond motifs is 1. The van der Waals surface area contributed by atoms with Gasteiger partial charge in [0.15, 0.2) is 11.5 Å². The summed E-state index contributed by atoms with van der Waals surface area (Å²) in [5.74, 6) is -1.09. The molecule has 0 amide bonds. The van der Waals surface area contributed by atoms with Gasteiger partial charge in [0.05, 0.1) is 16.3 Å². The molecule has 0 bridgehead atoms. The Morgan fingerprint density at radius 1 is 1.15 bits per heavy atom. The molecule has 0 saturated heterocycles. The molecule has 130 valence electrons. The molecule has 4 nitrogen and oxygen atoms in total. The van der Waals surface area contributed by atoms with Gasteiger partial charge < -0.3 is 5.11 Å². The van der Waals surface area contributed by atoms with Crippen molar-refractivity contribution in [3.05, 3.63) is 69.8 Å². The molecule has 1 aliphatic carbocycles. The molecule has 26 heavy (non-hydrogen) atoms. The molecule has 0 radical (unpaired) electrons. The monoisotopic (exact) mass is 376 g/mol. The lowest BCUT2D eigenvalue weighted by molar-refractivity contribution is -0.137. The normalized spacial score (nSPS) is 14.4. The lowest BCUT2D eigenvalue weighted by Crippen LogP contribution is -2.09. The van der Waals surface area contributed by atoms with E-state index in [1.54, 1.807) is 18.2 Å². The van der Waals surface area contributed by atoms with Gasteiger partial charge in [0.2, 0.25) is 0 Å². The number of halogens is 4. The first-order chi connectivity index (χ1) is 12.2. The predicted octanol–water partition coefficient (Wildman–Crippen LogP) is 5.12. The van der Waals surface area contributed by atoms with Crippen LogP contribution in [0.15, 0.2) is 53.0 Å². The highest BCUT2D eigenvalue weighted by atomic mass is 35.5. The van der Waals surface area contributed by atoms with Crippen molar-refractivity contribution in [3.8, 4) is 6.07 Å². The molecule has 0 atom stereocenters. The number of hydrogen-bond donors (Lipinski definition) is 1. The molecule has 3 rings (SSSR count). The first-order valence-electron chi connectivity index (χ1n) is 7.17. The second-order valence-electron chi connectivity index (χ2n) is 5.33. The van der Waals surface area contributed by atoms with E-state index in [9.17, 15) is 28.3 Å². The largest absolute Gasteiger partial charge is 0.506 e. The molecule has 0 aliphatic heterocycles. The zero-order chi connectivity index (χ0) is 19.1. The smallest absolute Gasteiger partial charge is 0.416 e. The number of carbonyl (C=O) groups is 1. The van der Waals surface area contributed by atoms with Gasteiger partial charge in [-0.1, -0.05) is 35.9 Å². The SMILES string of the molecule is N#CC(=Nc1cc(C(F)(F)F)ccc1Cl)C1=C(O)c2ccccc2C1=O. The van der Waals surface area contributed by atoms with E-state index in [-0.39, 0.29) is 27.4 Å². The second-order valence-corrected chi connectivity index (χ2v) is 5.74. The van der Waals surface area contributed by atoms with Crippen LogP contribution < -0.4 is 0 Å². The molecule has 0 fully saturated rings. The van der Waals surface area contributed by atoms with Gasteiger partial charge in [0.25, 0.3) is 0 Å². The quantitative estimate of drug-likeness (QED) is 0.739. The van der Waals surface area contributed by atoms with Crippen LogP contribution in [0, 0.1) is 11.3 Å². The number of allylic oxidation sites excluding steroid dienone is 1. The highest BCUT2D eigenvalue weighted by molar-refractivity contribution is 6.40. The van der Waals surface area contributed by atoms with Gasteiger partial charge in [-0.3, -0.25) is 4.79 Å². The zero-order valence-electron chi connectivity index (χ0n) is 12.8. The summed E-state index contributed by atoms with van der Waals surface area (Å²) < 4.78 is 38.6. The van der Waals surface area contributed by atoms with Crippen molar-refractivity contribution in [2.75, 3.05) is 0 Å². The van der Waals surface area contributed by atoms with Crippen molar-refractivity contribution in [1.29, 1.82) is 5.26 Å². The molecule has 0 spiro atoms. The number of nitrogens with zero attached hydrogens (tertiary/aromatic N) is 2. The number of hydrogen-bond acceptors (Lipinski definition) is 4. The Kier molecular flexibility index (Phi) is 4.30. The van der Waals surface area contributed by atoms with Crippen molar-refractivity contribution in [1.82, 2.24) is 0 Å². The van der Waals surface area contributed by atoms with E-state index in [1.165, 1.54) is 12.1 Å². The Morgan fingerprint density at radius 2 is 1.81 bits per heavy atom. The van der Waals surface area contributed by atoms with Gasteiger partial charge in [0, 0.05) is 11.1 Å². The van der Waals surface area contributed by atoms with Crippen LogP contribution in [0.3, 0.4) is 0 Å². The Bertz CT molecular complexity index is 1030. The average Bonchev–Trinajstić information content (AvgIpc) is 2.85. The Hall–Kier alpha value is -3.11. The summed E-state index contributed by atoms with van der Waals surface area (Å²) >= 11 is 5.87. The minimum absolute atomic E-state index is 0.131. The first-order valence-corrected chi connectivity index (χ1v) is 7.55. The van der Waals surface area contributed by atoms with E-state index >= 15 is 0 Å². The summed E-state index contributed by atoms with van der Waals surface area (Å²) in [7, 11) is 0. The average molecular weight is 377 g/mol. The maximum absolute atomic E-state index is 12.9. The lowest BCUT2D eigenvalue weighted by atomic mass is 10.1. The van der Waals surface area contributed by atoms with Crippen LogP contribution in [0.5, 0.6) is 0 Å². The van der Waals surface area contributed by atoms with E-state index in [4.69, 9.17) is 11.6 Å². The van der Waals surface area contributed by atoms with Crippen LogP contribution in [0.2, 0.25) is 5.02 Å². The molecule has 1 aliphatic rings. The van der Waals surface area contributed by atoms with Crippen LogP contribution >= 0.6 is 11.6 Å². The van der Waals surface area contributed by atoms with E-state index < -0.39 is 29.0 Å². The Labute approximate surface area is 150 Å². The minimum Gasteiger partial charge on any atom is -0.506 e. The maximum atomic E-state index is 12.9. The van der Waals surface area contributed by atoms with Crippen molar-refractivity contribution in [3.63, 3.8) is 0 Å². The third kappa shape index (κ3) is 2.95. The van der Waals surface area contributed by atoms with Gasteiger partial charge in [-0.25, -0.2) is 4.99 Å². The topological polar surface area (TPSA) is 73.4 Å². The number of Topliss-reactive ketones (excluding diaryl/α,β-unsaturated/α-hetero) is 1. The van der Waals surface area contributed by atoms with E-state index in [1.807, 2.05) is 0 Å². The molecule has 8 heteroatoms. The molecular weight excluding hydrogens is 369 g/mol. The number of aliphatic hydroxyl groups is 1. The van der Waals surface area contributed by atoms with Crippen LogP contribution in [0.25, 0.3) is 5.76 Å². The molecule has 2 aromatic rings. The maximum Gasteiger partial charge on any atom is 0.416 e. The Balaban J connectivity index is 2.14. The number of nitriles is 1. The van der Waals surface area contributed by atoms with E-state index in [0.717, 1.165) is 12.1 Å². The number of aliphatic hydroxyl groups excluding tert-OH is 1. The van der Waals surface area contributed by atoms with Crippen molar-refractivity contribution < 1.29 is 23.1 Å². The molecule has 2 aromatic carbocycles. The first kappa shape index (κ1) is 17.7. The van der Waals surface area contributed by atoms with Crippen LogP contribution in [-0.2, 0) is 6.18 Å². The summed E-state index contributed by atoms with van der Waals surface area (Å²) in [5.41, 5.74) is -1.82. The summed E-state index contributed by atoms with van der Waals surface area (Å²) in [6.07, 6.45) is -4.62. The number of rotatable bonds is 2. The van der Waals surface area contributed by atoms with E-state index in [0.29, 0.717) is 6.07 Å². The summed E-state index contributed by atoms with van der Waals surface area (Å²) in [5, 5.41) is 19.5. The fourth-order valence-corrected chi connectivity index (χ4v) is 2.68. The third-order valence-corrected chi connectivity index (χ3v) is 4.06. The van der Waals surface area contributed by atoms with Gasteiger partial charge in [-0.15, -0.1) is 0 Å². The van der Waals surface area contributed by atoms with Crippen LogP contribution in [0.4, 0.5) is 18.9 Å². The van der Waals surface area contributed by atoms with Crippen LogP contribution in [-0.4, -0.2) is 16.6 Å². The van der Waals surface area contributed by atoms with Crippen LogP contribution in [0.1, 0.15) is 21.5 Å². The van der Waals surface area contributed by atoms with Gasteiger partial charge >= 0.3 is 6.18 Å². The van der Waals surface area contributed by atoms with E-state index in [2.05, 4.69) is 4.99 Å². The third-order valence-electron chi connectivity index (χ3n) is 3.74. The standard InChI is InChI=1S/C18H8ClF3N2O2/c19-12-6-5-9(18(20,21)22)7-13(12)24-14(8-23)15-16(25)10-3-1-2-4-11(10)17(15)26/h1-7,25H. The molecule has 0 aromatic heterocycles. The fraction of sp³-hybridized carbons (Fsp3) is 0.0556. The molecule has 0 unspecified atom stereocenters. The van der Waals surface area contributed by atoms with Crippen molar-refractivity contribution in [2.45, 2.75) is 6.18 Å². The highest BCUT2D eigenvalue weighted by Gasteiger charge is 2.34. The molecule has 1 N–H and O–H groups in total. The van der Waals surface area contributed by atoms with Gasteiger partial charge in [-0.05, 0) is 18.2 Å². The zero-order valence-corrected chi connectivity index (χ0v) is 13.6. The summed E-state index contributed by atoms with van der Waals surface area (Å²) in [4.78, 5) is 16.2. The number of ketones is 1. The fourth-order valence-electron chi connectivity index (χ4n) is 2.52. The highest BCUT2D eigenvalue weighted by Crippen LogP contribution is 2.37. The molecule has 0 saturated carbocycles. The number of aliphatic imine (C=N–C) groups is 1. The Morgan fingerprint density at radius 3 is 2.38 bits per heavy atom. The second kappa shape index (κ2) is 6.32. The van der Waals surface area contributed by atoms with Gasteiger partial charge in [0.1, 0.15) is 17.4 Å². The molecular formula is C18H8ClF3N2O2. The van der Waals surface area contributed by atoms with Gasteiger partial charge in [-0.2, -0.15) is 18.4 Å². The number of alkyl halides is 3. The summed E-state index contributed by atoms with van der Waals surface area (Å²) in [6.45, 7) is 0. The summed E-state index contributed by atoms with van der Waals surface area (Å²) in [6, 6.07) is 10.2. The van der Waals surface area contributed by atoms with Crippen molar-refractivity contribution >= 4 is 34.5 Å². The number of benzene rings is 2. The predicted molar refractivity (Wildman–Crippen MR) is 89.5 cm³/mol. The van der Waals surface area contributed by atoms with Crippen molar-refractivity contribution in [2.24, 2.45) is 4.99 Å². The minimum atomic E-state index is -4.62. The number of carbonyl (C=O) groups excluding carboxylic acids is 1. The molecule has 0 heterocycles.